The SMILES string of the molecule is O=S(=O)(c1cnc[nH]1)N1CCCC1c1ccncc1. The fraction of sp³-hybridized carbons (Fsp3) is 0.333. The Morgan fingerprint density at radius 3 is 2.74 bits per heavy atom. The number of nitrogens with zero attached hydrogens (tertiary/aromatic N) is 3. The molecule has 19 heavy (non-hydrogen) atoms. The molecule has 2 aromatic heterocycles. The number of H-pyrrole nitrogens is 1. The van der Waals surface area contributed by atoms with Crippen molar-refractivity contribution in [2.75, 3.05) is 6.54 Å². The fourth-order valence-corrected chi connectivity index (χ4v) is 4.04. The Kier molecular flexibility index (Phi) is 3.08. The van der Waals surface area contributed by atoms with Gasteiger partial charge in [0.25, 0.3) is 10.0 Å². The average Bonchev–Trinajstić information content (AvgIpc) is 3.11. The summed E-state index contributed by atoms with van der Waals surface area (Å²) in [5.41, 5.74) is 0.982. The summed E-state index contributed by atoms with van der Waals surface area (Å²) in [6, 6.07) is 3.62. The third-order valence-corrected chi connectivity index (χ3v) is 5.19. The summed E-state index contributed by atoms with van der Waals surface area (Å²) in [6.07, 6.45) is 7.79. The zero-order valence-corrected chi connectivity index (χ0v) is 11.0. The summed E-state index contributed by atoms with van der Waals surface area (Å²) in [5.74, 6) is 0. The number of imidazole rings is 1. The Hall–Kier alpha value is -1.73. The number of aromatic nitrogens is 3. The van der Waals surface area contributed by atoms with Crippen molar-refractivity contribution in [2.24, 2.45) is 0 Å². The van der Waals surface area contributed by atoms with Gasteiger partial charge in [-0.05, 0) is 30.5 Å². The molecule has 0 radical (unpaired) electrons. The normalized spacial score (nSPS) is 20.7. The van der Waals surface area contributed by atoms with Crippen LogP contribution in [0.2, 0.25) is 0 Å². The molecular weight excluding hydrogens is 264 g/mol. The average molecular weight is 278 g/mol. The van der Waals surface area contributed by atoms with Crippen LogP contribution >= 0.6 is 0 Å². The standard InChI is InChI=1S/C12H14N4O2S/c17-19(18,12-8-14-9-15-12)16-7-1-2-11(16)10-3-5-13-6-4-10/h3-6,8-9,11H,1-2,7H2,(H,14,15). The van der Waals surface area contributed by atoms with Gasteiger partial charge in [0.05, 0.1) is 18.6 Å². The molecule has 3 heterocycles. The number of pyridine rings is 1. The van der Waals surface area contributed by atoms with Crippen LogP contribution in [0.5, 0.6) is 0 Å². The van der Waals surface area contributed by atoms with Crippen LogP contribution in [0.1, 0.15) is 24.4 Å². The van der Waals surface area contributed by atoms with E-state index in [0.29, 0.717) is 6.54 Å². The van der Waals surface area contributed by atoms with Crippen LogP contribution in [0, 0.1) is 0 Å². The minimum Gasteiger partial charge on any atom is -0.335 e. The predicted molar refractivity (Wildman–Crippen MR) is 68.7 cm³/mol. The molecule has 0 bridgehead atoms. The Balaban J connectivity index is 1.97. The van der Waals surface area contributed by atoms with Crippen molar-refractivity contribution in [3.05, 3.63) is 42.6 Å². The van der Waals surface area contributed by atoms with Gasteiger partial charge in [0.2, 0.25) is 0 Å². The number of hydrogen-bond donors (Lipinski definition) is 1. The van der Waals surface area contributed by atoms with Gasteiger partial charge in [-0.3, -0.25) is 4.98 Å². The Bertz CT molecular complexity index is 640. The minimum absolute atomic E-state index is 0.115. The highest BCUT2D eigenvalue weighted by atomic mass is 32.2. The molecule has 1 atom stereocenters. The first-order valence-electron chi connectivity index (χ1n) is 6.10. The van der Waals surface area contributed by atoms with Crippen LogP contribution in [0.3, 0.4) is 0 Å². The van der Waals surface area contributed by atoms with Gasteiger partial charge in [0, 0.05) is 18.9 Å². The summed E-state index contributed by atoms with van der Waals surface area (Å²) in [5, 5.41) is 0.147. The van der Waals surface area contributed by atoms with Crippen molar-refractivity contribution in [2.45, 2.75) is 23.9 Å². The summed E-state index contributed by atoms with van der Waals surface area (Å²) in [6.45, 7) is 0.536. The predicted octanol–water partition coefficient (Wildman–Crippen LogP) is 1.33. The van der Waals surface area contributed by atoms with E-state index in [1.807, 2.05) is 12.1 Å². The molecule has 1 aliphatic rings. The molecule has 2 aromatic rings. The number of hydrogen-bond acceptors (Lipinski definition) is 4. The molecule has 1 fully saturated rings. The van der Waals surface area contributed by atoms with Crippen molar-refractivity contribution in [3.63, 3.8) is 0 Å². The van der Waals surface area contributed by atoms with E-state index in [1.165, 1.54) is 16.8 Å². The maximum atomic E-state index is 12.5. The lowest BCUT2D eigenvalue weighted by Gasteiger charge is -2.23. The molecule has 0 spiro atoms. The first-order chi connectivity index (χ1) is 9.19. The molecule has 7 heteroatoms. The lowest BCUT2D eigenvalue weighted by Crippen LogP contribution is -2.30. The molecular formula is C12H14N4O2S. The molecule has 1 unspecified atom stereocenters. The molecule has 1 saturated heterocycles. The highest BCUT2D eigenvalue weighted by molar-refractivity contribution is 7.89. The maximum Gasteiger partial charge on any atom is 0.260 e. The molecule has 0 aliphatic carbocycles. The van der Waals surface area contributed by atoms with E-state index in [1.54, 1.807) is 12.4 Å². The molecule has 0 aromatic carbocycles. The lowest BCUT2D eigenvalue weighted by atomic mass is 10.1. The van der Waals surface area contributed by atoms with Crippen LogP contribution in [-0.4, -0.2) is 34.2 Å². The first kappa shape index (κ1) is 12.3. The smallest absolute Gasteiger partial charge is 0.260 e. The van der Waals surface area contributed by atoms with Gasteiger partial charge < -0.3 is 4.98 Å². The van der Waals surface area contributed by atoms with E-state index in [-0.39, 0.29) is 11.1 Å². The van der Waals surface area contributed by atoms with Gasteiger partial charge in [-0.15, -0.1) is 0 Å². The third-order valence-electron chi connectivity index (χ3n) is 3.35. The molecule has 6 nitrogen and oxygen atoms in total. The van der Waals surface area contributed by atoms with E-state index in [2.05, 4.69) is 15.0 Å². The van der Waals surface area contributed by atoms with Gasteiger partial charge in [0.1, 0.15) is 0 Å². The summed E-state index contributed by atoms with van der Waals surface area (Å²) in [4.78, 5) is 10.4. The Morgan fingerprint density at radius 1 is 1.26 bits per heavy atom. The second kappa shape index (κ2) is 4.75. The molecule has 1 aliphatic heterocycles. The monoisotopic (exact) mass is 278 g/mol. The molecule has 1 N–H and O–H groups in total. The largest absolute Gasteiger partial charge is 0.335 e. The number of rotatable bonds is 3. The fourth-order valence-electron chi connectivity index (χ4n) is 2.46. The van der Waals surface area contributed by atoms with Gasteiger partial charge in [-0.2, -0.15) is 4.31 Å². The van der Waals surface area contributed by atoms with E-state index >= 15 is 0 Å². The Labute approximate surface area is 111 Å². The van der Waals surface area contributed by atoms with Gasteiger partial charge in [-0.25, -0.2) is 13.4 Å². The van der Waals surface area contributed by atoms with Crippen LogP contribution in [0.4, 0.5) is 0 Å². The zero-order valence-electron chi connectivity index (χ0n) is 10.2. The van der Waals surface area contributed by atoms with Crippen molar-refractivity contribution in [1.29, 1.82) is 0 Å². The first-order valence-corrected chi connectivity index (χ1v) is 7.54. The van der Waals surface area contributed by atoms with Crippen LogP contribution in [0.15, 0.2) is 42.1 Å². The number of aromatic amines is 1. The molecule has 100 valence electrons. The van der Waals surface area contributed by atoms with Crippen molar-refractivity contribution >= 4 is 10.0 Å². The quantitative estimate of drug-likeness (QED) is 0.918. The highest BCUT2D eigenvalue weighted by Crippen LogP contribution is 2.35. The van der Waals surface area contributed by atoms with Crippen LogP contribution < -0.4 is 0 Å². The summed E-state index contributed by atoms with van der Waals surface area (Å²) >= 11 is 0. The second-order valence-corrected chi connectivity index (χ2v) is 6.33. The van der Waals surface area contributed by atoms with E-state index in [0.717, 1.165) is 18.4 Å². The lowest BCUT2D eigenvalue weighted by molar-refractivity contribution is 0.395. The summed E-state index contributed by atoms with van der Waals surface area (Å²) in [7, 11) is -3.50. The number of sulfonamides is 1. The highest BCUT2D eigenvalue weighted by Gasteiger charge is 2.36. The summed E-state index contributed by atoms with van der Waals surface area (Å²) < 4.78 is 26.6. The minimum atomic E-state index is -3.50. The molecule has 0 saturated carbocycles. The molecule has 0 amide bonds. The van der Waals surface area contributed by atoms with Crippen LogP contribution in [0.25, 0.3) is 0 Å². The molecule has 3 rings (SSSR count). The Morgan fingerprint density at radius 2 is 2.05 bits per heavy atom. The van der Waals surface area contributed by atoms with Crippen molar-refractivity contribution in [1.82, 2.24) is 19.3 Å². The van der Waals surface area contributed by atoms with Gasteiger partial charge in [-0.1, -0.05) is 0 Å². The zero-order chi connectivity index (χ0) is 13.3. The third kappa shape index (κ3) is 2.15. The van der Waals surface area contributed by atoms with E-state index in [4.69, 9.17) is 0 Å². The maximum absolute atomic E-state index is 12.5. The number of nitrogens with one attached hydrogen (secondary N) is 1. The van der Waals surface area contributed by atoms with Gasteiger partial charge >= 0.3 is 0 Å². The second-order valence-electron chi connectivity index (χ2n) is 4.47. The topological polar surface area (TPSA) is 79.0 Å². The van der Waals surface area contributed by atoms with Crippen molar-refractivity contribution in [3.8, 4) is 0 Å². The van der Waals surface area contributed by atoms with Crippen LogP contribution in [-0.2, 0) is 10.0 Å². The van der Waals surface area contributed by atoms with E-state index in [9.17, 15) is 8.42 Å². The van der Waals surface area contributed by atoms with Gasteiger partial charge in [0.15, 0.2) is 5.03 Å². The van der Waals surface area contributed by atoms with E-state index < -0.39 is 10.0 Å². The van der Waals surface area contributed by atoms with Crippen molar-refractivity contribution < 1.29 is 8.42 Å².